The monoisotopic (exact) mass is 596 g/mol. The standard InChI is InChI=1S/C28H22Cl2N4O5S/c1-38-18-5-8-23(24(12-18)39-2)33-27(36)32-17-4-7-22-19(11-17)16(13-31-22)10-25-26(35)34(28(37)40-25)14-15-3-6-20(29)21(30)9-15/h3-13,35H,14H2,1-2H3,(H2,32,33,36). The number of amides is 2. The number of halogens is 2. The molecule has 40 heavy (non-hydrogen) atoms. The first kappa shape index (κ1) is 27.3. The average Bonchev–Trinajstić information content (AvgIpc) is 3.46. The van der Waals surface area contributed by atoms with E-state index in [1.165, 1.54) is 11.7 Å². The van der Waals surface area contributed by atoms with Crippen LogP contribution in [-0.4, -0.2) is 36.1 Å². The van der Waals surface area contributed by atoms with E-state index in [-0.39, 0.29) is 17.3 Å². The zero-order valence-electron chi connectivity index (χ0n) is 21.2. The summed E-state index contributed by atoms with van der Waals surface area (Å²) in [5, 5.41) is 17.2. The number of nitrogens with one attached hydrogen (secondary N) is 2. The van der Waals surface area contributed by atoms with Crippen LogP contribution in [0, 0.1) is 0 Å². The van der Waals surface area contributed by atoms with Crippen molar-refractivity contribution in [2.45, 2.75) is 6.54 Å². The maximum Gasteiger partial charge on any atom is 0.323 e. The lowest BCUT2D eigenvalue weighted by molar-refractivity contribution is 0.262. The summed E-state index contributed by atoms with van der Waals surface area (Å²) < 4.78 is 11.8. The fourth-order valence-corrected chi connectivity index (χ4v) is 5.23. The van der Waals surface area contributed by atoms with Crippen LogP contribution < -0.4 is 25.0 Å². The van der Waals surface area contributed by atoms with Crippen molar-refractivity contribution in [2.24, 2.45) is 4.99 Å². The molecule has 0 spiro atoms. The molecule has 2 heterocycles. The molecule has 4 aromatic rings. The lowest BCUT2D eigenvalue weighted by Crippen LogP contribution is -2.19. The largest absolute Gasteiger partial charge is 0.497 e. The number of carbonyl (C=O) groups is 1. The lowest BCUT2D eigenvalue weighted by Gasteiger charge is -2.13. The molecule has 9 nitrogen and oxygen atoms in total. The number of anilines is 2. The molecule has 0 saturated carbocycles. The number of hydrogen-bond acceptors (Lipinski definition) is 7. The predicted octanol–water partition coefficient (Wildman–Crippen LogP) is 6.89. The molecule has 0 unspecified atom stereocenters. The molecular formula is C28H22Cl2N4O5S. The second-order valence-electron chi connectivity index (χ2n) is 8.63. The Morgan fingerprint density at radius 1 is 1.05 bits per heavy atom. The molecule has 0 bridgehead atoms. The Morgan fingerprint density at radius 3 is 2.62 bits per heavy atom. The molecule has 0 saturated heterocycles. The fraction of sp³-hybridized carbons (Fsp3) is 0.107. The minimum Gasteiger partial charge on any atom is -0.497 e. The van der Waals surface area contributed by atoms with Crippen molar-refractivity contribution in [1.29, 1.82) is 0 Å². The van der Waals surface area contributed by atoms with E-state index in [4.69, 9.17) is 32.7 Å². The molecule has 3 aromatic carbocycles. The van der Waals surface area contributed by atoms with E-state index in [0.29, 0.717) is 49.1 Å². The van der Waals surface area contributed by atoms with Gasteiger partial charge in [-0.1, -0.05) is 40.6 Å². The summed E-state index contributed by atoms with van der Waals surface area (Å²) in [4.78, 5) is 29.8. The zero-order chi connectivity index (χ0) is 28.4. The van der Waals surface area contributed by atoms with E-state index in [1.807, 2.05) is 0 Å². The lowest BCUT2D eigenvalue weighted by atomic mass is 10.1. The minimum absolute atomic E-state index is 0.133. The molecule has 1 aliphatic heterocycles. The molecule has 12 heteroatoms. The highest BCUT2D eigenvalue weighted by Crippen LogP contribution is 2.37. The van der Waals surface area contributed by atoms with Crippen LogP contribution in [-0.2, 0) is 6.54 Å². The van der Waals surface area contributed by atoms with Crippen molar-refractivity contribution in [3.05, 3.63) is 90.3 Å². The van der Waals surface area contributed by atoms with Gasteiger partial charge in [-0.3, -0.25) is 14.4 Å². The highest BCUT2D eigenvalue weighted by atomic mass is 35.5. The summed E-state index contributed by atoms with van der Waals surface area (Å²) in [6.45, 7) is 0.133. The molecule has 204 valence electrons. The van der Waals surface area contributed by atoms with Crippen LogP contribution >= 0.6 is 34.5 Å². The highest BCUT2D eigenvalue weighted by Gasteiger charge is 2.18. The Labute approximate surface area is 242 Å². The third-order valence-electron chi connectivity index (χ3n) is 6.07. The van der Waals surface area contributed by atoms with Gasteiger partial charge in [0.25, 0.3) is 0 Å². The Morgan fingerprint density at radius 2 is 1.88 bits per heavy atom. The second kappa shape index (κ2) is 11.5. The number of nitrogens with zero attached hydrogens (tertiary/aromatic N) is 2. The summed E-state index contributed by atoms with van der Waals surface area (Å²) >= 11 is 13.0. The maximum absolute atomic E-state index is 12.7. The van der Waals surface area contributed by atoms with E-state index in [0.717, 1.165) is 22.5 Å². The van der Waals surface area contributed by atoms with Crippen LogP contribution in [0.15, 0.2) is 64.4 Å². The maximum atomic E-state index is 12.7. The van der Waals surface area contributed by atoms with Gasteiger partial charge in [0.2, 0.25) is 5.88 Å². The van der Waals surface area contributed by atoms with Crippen LogP contribution in [0.25, 0.3) is 11.6 Å². The normalized spacial score (nSPS) is 12.8. The highest BCUT2D eigenvalue weighted by molar-refractivity contribution is 7.10. The van der Waals surface area contributed by atoms with Gasteiger partial charge in [-0.2, -0.15) is 0 Å². The van der Waals surface area contributed by atoms with Gasteiger partial charge in [-0.25, -0.2) is 4.79 Å². The SMILES string of the molecule is COc1ccc(NC(=O)Nc2ccc3c(c2)C(=Cc2sc(=O)n(Cc4ccc(Cl)c(Cl)c4)c2O)C=N3)c(OC)c1. The zero-order valence-corrected chi connectivity index (χ0v) is 23.5. The molecule has 1 aromatic heterocycles. The van der Waals surface area contributed by atoms with Crippen molar-refractivity contribution in [3.63, 3.8) is 0 Å². The number of ether oxygens (including phenoxy) is 2. The molecule has 0 radical (unpaired) electrons. The van der Waals surface area contributed by atoms with Gasteiger partial charge in [-0.15, -0.1) is 0 Å². The smallest absolute Gasteiger partial charge is 0.323 e. The second-order valence-corrected chi connectivity index (χ2v) is 10.4. The Kier molecular flexibility index (Phi) is 7.83. The van der Waals surface area contributed by atoms with Gasteiger partial charge in [0, 0.05) is 29.1 Å². The number of thiazole rings is 1. The van der Waals surface area contributed by atoms with Crippen LogP contribution in [0.5, 0.6) is 17.4 Å². The van der Waals surface area contributed by atoms with E-state index >= 15 is 0 Å². The van der Waals surface area contributed by atoms with Crippen molar-refractivity contribution < 1.29 is 19.4 Å². The number of fused-ring (bicyclic) bond motifs is 1. The Hall–Kier alpha value is -4.25. The number of carbonyl (C=O) groups excluding carboxylic acids is 1. The molecule has 2 amide bonds. The van der Waals surface area contributed by atoms with E-state index < -0.39 is 6.03 Å². The minimum atomic E-state index is -0.469. The van der Waals surface area contributed by atoms with Crippen molar-refractivity contribution in [2.75, 3.05) is 24.9 Å². The molecule has 1 aliphatic rings. The number of aromatic nitrogens is 1. The number of methoxy groups -OCH3 is 2. The van der Waals surface area contributed by atoms with Crippen LogP contribution in [0.2, 0.25) is 10.0 Å². The first-order valence-corrected chi connectivity index (χ1v) is 13.4. The Balaban J connectivity index is 1.35. The third-order valence-corrected chi connectivity index (χ3v) is 7.72. The van der Waals surface area contributed by atoms with Gasteiger partial charge in [0.05, 0.1) is 47.1 Å². The summed E-state index contributed by atoms with van der Waals surface area (Å²) in [5.74, 6) is 0.881. The topological polar surface area (TPSA) is 114 Å². The predicted molar refractivity (Wildman–Crippen MR) is 160 cm³/mol. The molecule has 3 N–H and O–H groups in total. The first-order chi connectivity index (χ1) is 19.2. The number of benzene rings is 3. The number of rotatable bonds is 7. The average molecular weight is 597 g/mol. The van der Waals surface area contributed by atoms with Crippen LogP contribution in [0.1, 0.15) is 16.0 Å². The third kappa shape index (κ3) is 5.69. The van der Waals surface area contributed by atoms with E-state index in [1.54, 1.807) is 74.0 Å². The molecule has 5 rings (SSSR count). The van der Waals surface area contributed by atoms with Gasteiger partial charge in [-0.05, 0) is 54.1 Å². The number of hydrogen-bond donors (Lipinski definition) is 3. The molecule has 0 aliphatic carbocycles. The molecule has 0 fully saturated rings. The summed E-state index contributed by atoms with van der Waals surface area (Å²) in [6.07, 6.45) is 3.33. The van der Waals surface area contributed by atoms with E-state index in [2.05, 4.69) is 15.6 Å². The number of allylic oxidation sites excluding steroid dienone is 1. The summed E-state index contributed by atoms with van der Waals surface area (Å²) in [7, 11) is 3.05. The first-order valence-electron chi connectivity index (χ1n) is 11.8. The van der Waals surface area contributed by atoms with Crippen LogP contribution in [0.4, 0.5) is 21.9 Å². The quantitative estimate of drug-likeness (QED) is 0.215. The number of aromatic hydroxyl groups is 1. The number of urea groups is 1. The van der Waals surface area contributed by atoms with Gasteiger partial charge >= 0.3 is 10.9 Å². The fourth-order valence-electron chi connectivity index (χ4n) is 4.08. The van der Waals surface area contributed by atoms with Gasteiger partial charge in [0.15, 0.2) is 0 Å². The van der Waals surface area contributed by atoms with Gasteiger partial charge < -0.3 is 25.2 Å². The van der Waals surface area contributed by atoms with Crippen molar-refractivity contribution >= 4 is 75.5 Å². The van der Waals surface area contributed by atoms with Crippen molar-refractivity contribution in [3.8, 4) is 17.4 Å². The molecular weight excluding hydrogens is 575 g/mol. The summed E-state index contributed by atoms with van der Waals surface area (Å²) in [5.41, 5.74) is 3.82. The Bertz CT molecular complexity index is 1750. The van der Waals surface area contributed by atoms with Crippen LogP contribution in [0.3, 0.4) is 0 Å². The van der Waals surface area contributed by atoms with E-state index in [9.17, 15) is 14.7 Å². The molecule has 0 atom stereocenters. The van der Waals surface area contributed by atoms with Crippen molar-refractivity contribution in [1.82, 2.24) is 4.57 Å². The number of aliphatic imine (C=N–C) groups is 1. The summed E-state index contributed by atoms with van der Waals surface area (Å²) in [6, 6.07) is 14.9. The van der Waals surface area contributed by atoms with Gasteiger partial charge in [0.1, 0.15) is 11.5 Å².